The molecule has 1 aliphatic carbocycles. The van der Waals surface area contributed by atoms with Gasteiger partial charge < -0.3 is 4.74 Å². The van der Waals surface area contributed by atoms with E-state index in [0.717, 1.165) is 24.0 Å². The van der Waals surface area contributed by atoms with Crippen molar-refractivity contribution in [2.24, 2.45) is 0 Å². The number of esters is 1. The van der Waals surface area contributed by atoms with Crippen LogP contribution >= 0.6 is 0 Å². The van der Waals surface area contributed by atoms with Crippen LogP contribution in [0.15, 0.2) is 67.3 Å². The van der Waals surface area contributed by atoms with Crippen LogP contribution in [0.4, 0.5) is 0 Å². The van der Waals surface area contributed by atoms with E-state index < -0.39 is 5.41 Å². The smallest absolute Gasteiger partial charge is 0.316 e. The second-order valence-electron chi connectivity index (χ2n) is 5.41. The van der Waals surface area contributed by atoms with Crippen LogP contribution < -0.4 is 0 Å². The van der Waals surface area contributed by atoms with Gasteiger partial charge in [0.05, 0.1) is 5.41 Å². The Morgan fingerprint density at radius 3 is 2.24 bits per heavy atom. The topological polar surface area (TPSA) is 26.3 Å². The molecule has 21 heavy (non-hydrogen) atoms. The third-order valence-corrected chi connectivity index (χ3v) is 4.02. The monoisotopic (exact) mass is 278 g/mol. The lowest BCUT2D eigenvalue weighted by atomic mass is 9.94. The minimum atomic E-state index is -0.418. The van der Waals surface area contributed by atoms with Crippen molar-refractivity contribution in [2.75, 3.05) is 6.61 Å². The lowest BCUT2D eigenvalue weighted by Gasteiger charge is -2.14. The number of carbonyl (C=O) groups is 1. The van der Waals surface area contributed by atoms with Gasteiger partial charge in [0.25, 0.3) is 0 Å². The molecule has 0 amide bonds. The Kier molecular flexibility index (Phi) is 3.61. The fraction of sp³-hybridized carbons (Fsp3) is 0.211. The molecule has 0 spiro atoms. The highest BCUT2D eigenvalue weighted by Gasteiger charge is 2.52. The zero-order chi connectivity index (χ0) is 14.7. The summed E-state index contributed by atoms with van der Waals surface area (Å²) >= 11 is 0. The number of hydrogen-bond donors (Lipinski definition) is 0. The molecule has 1 saturated carbocycles. The van der Waals surface area contributed by atoms with Gasteiger partial charge >= 0.3 is 5.97 Å². The first-order chi connectivity index (χ1) is 10.3. The quantitative estimate of drug-likeness (QED) is 0.607. The molecule has 0 radical (unpaired) electrons. The minimum absolute atomic E-state index is 0.130. The Balaban J connectivity index is 1.81. The van der Waals surface area contributed by atoms with Crippen LogP contribution in [0.2, 0.25) is 0 Å². The van der Waals surface area contributed by atoms with Crippen molar-refractivity contribution in [2.45, 2.75) is 18.3 Å². The molecule has 0 atom stereocenters. The largest absolute Gasteiger partial charge is 0.461 e. The lowest BCUT2D eigenvalue weighted by Crippen LogP contribution is -2.23. The van der Waals surface area contributed by atoms with Gasteiger partial charge in [0, 0.05) is 0 Å². The first-order valence-electron chi connectivity index (χ1n) is 7.20. The summed E-state index contributed by atoms with van der Waals surface area (Å²) in [7, 11) is 0. The summed E-state index contributed by atoms with van der Waals surface area (Å²) in [6, 6.07) is 18.5. The molecule has 0 aromatic heterocycles. The molecule has 0 aliphatic heterocycles. The van der Waals surface area contributed by atoms with Crippen LogP contribution in [0.25, 0.3) is 11.1 Å². The molecule has 0 unspecified atom stereocenters. The summed E-state index contributed by atoms with van der Waals surface area (Å²) in [4.78, 5) is 12.2. The van der Waals surface area contributed by atoms with E-state index in [-0.39, 0.29) is 12.6 Å². The maximum atomic E-state index is 12.2. The maximum Gasteiger partial charge on any atom is 0.316 e. The zero-order valence-electron chi connectivity index (χ0n) is 11.9. The predicted molar refractivity (Wildman–Crippen MR) is 83.9 cm³/mol. The van der Waals surface area contributed by atoms with Crippen molar-refractivity contribution in [3.63, 3.8) is 0 Å². The van der Waals surface area contributed by atoms with Crippen LogP contribution in [0, 0.1) is 0 Å². The van der Waals surface area contributed by atoms with E-state index in [1.165, 1.54) is 5.56 Å². The van der Waals surface area contributed by atoms with E-state index in [4.69, 9.17) is 4.74 Å². The van der Waals surface area contributed by atoms with E-state index in [9.17, 15) is 4.79 Å². The number of ether oxygens (including phenoxy) is 1. The Hall–Kier alpha value is -2.35. The molecule has 0 saturated heterocycles. The number of hydrogen-bond acceptors (Lipinski definition) is 2. The molecule has 1 fully saturated rings. The maximum absolute atomic E-state index is 12.2. The third-order valence-electron chi connectivity index (χ3n) is 4.02. The van der Waals surface area contributed by atoms with Crippen LogP contribution in [0.3, 0.4) is 0 Å². The van der Waals surface area contributed by atoms with Crippen LogP contribution in [-0.4, -0.2) is 12.6 Å². The minimum Gasteiger partial charge on any atom is -0.461 e. The Morgan fingerprint density at radius 2 is 1.67 bits per heavy atom. The summed E-state index contributed by atoms with van der Waals surface area (Å²) in [6.07, 6.45) is 3.34. The van der Waals surface area contributed by atoms with Gasteiger partial charge in [0.2, 0.25) is 0 Å². The van der Waals surface area contributed by atoms with E-state index in [2.05, 4.69) is 30.8 Å². The molecule has 0 bridgehead atoms. The predicted octanol–water partition coefficient (Wildman–Crippen LogP) is 4.11. The normalized spacial score (nSPS) is 15.2. The molecule has 1 aliphatic rings. The van der Waals surface area contributed by atoms with Crippen molar-refractivity contribution >= 4 is 5.97 Å². The first kappa shape index (κ1) is 13.6. The van der Waals surface area contributed by atoms with Crippen molar-refractivity contribution in [3.8, 4) is 11.1 Å². The first-order valence-corrected chi connectivity index (χ1v) is 7.20. The van der Waals surface area contributed by atoms with Gasteiger partial charge in [0.15, 0.2) is 0 Å². The van der Waals surface area contributed by atoms with Crippen molar-refractivity contribution in [1.29, 1.82) is 0 Å². The Bertz CT molecular complexity index is 637. The Morgan fingerprint density at radius 1 is 1.05 bits per heavy atom. The van der Waals surface area contributed by atoms with E-state index >= 15 is 0 Å². The van der Waals surface area contributed by atoms with E-state index in [1.54, 1.807) is 6.08 Å². The van der Waals surface area contributed by atoms with Gasteiger partial charge in [-0.3, -0.25) is 4.79 Å². The van der Waals surface area contributed by atoms with Gasteiger partial charge in [0.1, 0.15) is 6.61 Å². The van der Waals surface area contributed by atoms with Crippen LogP contribution in [-0.2, 0) is 14.9 Å². The summed E-state index contributed by atoms with van der Waals surface area (Å²) < 4.78 is 5.23. The molecule has 0 N–H and O–H groups in total. The summed E-state index contributed by atoms with van der Waals surface area (Å²) in [6.45, 7) is 3.86. The number of carbonyl (C=O) groups excluding carboxylic acids is 1. The summed E-state index contributed by atoms with van der Waals surface area (Å²) in [5.41, 5.74) is 2.98. The standard InChI is InChI=1S/C19H18O2/c1-2-14-21-18(20)19(12-13-19)17-10-8-16(9-11-17)15-6-4-3-5-7-15/h2-11H,1,12-14H2. The highest BCUT2D eigenvalue weighted by molar-refractivity contribution is 5.87. The summed E-state index contributed by atoms with van der Waals surface area (Å²) in [5.74, 6) is -0.130. The fourth-order valence-electron chi connectivity index (χ4n) is 2.62. The second-order valence-corrected chi connectivity index (χ2v) is 5.41. The summed E-state index contributed by atoms with van der Waals surface area (Å²) in [5, 5.41) is 0. The SMILES string of the molecule is C=CCOC(=O)C1(c2ccc(-c3ccccc3)cc2)CC1. The van der Waals surface area contributed by atoms with Gasteiger partial charge in [-0.2, -0.15) is 0 Å². The highest BCUT2D eigenvalue weighted by atomic mass is 16.5. The van der Waals surface area contributed by atoms with Crippen LogP contribution in [0.1, 0.15) is 18.4 Å². The van der Waals surface area contributed by atoms with Crippen LogP contribution in [0.5, 0.6) is 0 Å². The van der Waals surface area contributed by atoms with Crippen molar-refractivity contribution in [3.05, 3.63) is 72.8 Å². The van der Waals surface area contributed by atoms with Crippen molar-refractivity contribution in [1.82, 2.24) is 0 Å². The highest BCUT2D eigenvalue weighted by Crippen LogP contribution is 2.49. The van der Waals surface area contributed by atoms with E-state index in [1.807, 2.05) is 30.3 Å². The zero-order valence-corrected chi connectivity index (χ0v) is 11.9. The molecular weight excluding hydrogens is 260 g/mol. The molecule has 2 nitrogen and oxygen atoms in total. The van der Waals surface area contributed by atoms with Gasteiger partial charge in [-0.05, 0) is 29.5 Å². The molecule has 106 valence electrons. The average molecular weight is 278 g/mol. The molecule has 0 heterocycles. The van der Waals surface area contributed by atoms with Gasteiger partial charge in [-0.15, -0.1) is 0 Å². The number of rotatable bonds is 5. The number of benzene rings is 2. The fourth-order valence-corrected chi connectivity index (χ4v) is 2.62. The second kappa shape index (κ2) is 5.57. The Labute approximate surface area is 125 Å². The molecular formula is C19H18O2. The lowest BCUT2D eigenvalue weighted by molar-refractivity contribution is -0.145. The van der Waals surface area contributed by atoms with Gasteiger partial charge in [-0.25, -0.2) is 0 Å². The molecule has 2 aromatic carbocycles. The van der Waals surface area contributed by atoms with E-state index in [0.29, 0.717) is 0 Å². The molecule has 2 aromatic rings. The van der Waals surface area contributed by atoms with Gasteiger partial charge in [-0.1, -0.05) is 67.3 Å². The molecule has 3 rings (SSSR count). The third kappa shape index (κ3) is 2.62. The van der Waals surface area contributed by atoms with Crippen molar-refractivity contribution < 1.29 is 9.53 Å². The molecule has 2 heteroatoms. The average Bonchev–Trinajstić information content (AvgIpc) is 3.35.